The molecule has 0 saturated heterocycles. The van der Waals surface area contributed by atoms with Gasteiger partial charge < -0.3 is 20.3 Å². The van der Waals surface area contributed by atoms with Gasteiger partial charge in [0, 0.05) is 38.0 Å². The fraction of sp³-hybridized carbons (Fsp3) is 0.565. The number of nitrogens with one attached hydrogen (secondary N) is 2. The molecule has 1 heterocycles. The molecule has 29 heavy (non-hydrogen) atoms. The molecule has 1 aromatic carbocycles. The van der Waals surface area contributed by atoms with Crippen molar-refractivity contribution in [2.75, 3.05) is 37.0 Å². The predicted molar refractivity (Wildman–Crippen MR) is 116 cm³/mol. The first-order valence-electron chi connectivity index (χ1n) is 10.5. The lowest BCUT2D eigenvalue weighted by Crippen LogP contribution is -2.46. The maximum atomic E-state index is 13.2. The highest BCUT2D eigenvalue weighted by Crippen LogP contribution is 2.44. The van der Waals surface area contributed by atoms with Crippen LogP contribution < -0.4 is 15.5 Å². The van der Waals surface area contributed by atoms with E-state index in [0.717, 1.165) is 41.9 Å². The Morgan fingerprint density at radius 3 is 2.79 bits per heavy atom. The molecule has 2 aliphatic rings. The van der Waals surface area contributed by atoms with Crippen molar-refractivity contribution in [1.29, 1.82) is 0 Å². The van der Waals surface area contributed by atoms with Crippen molar-refractivity contribution in [3.05, 3.63) is 35.5 Å². The van der Waals surface area contributed by atoms with Crippen LogP contribution >= 0.6 is 0 Å². The van der Waals surface area contributed by atoms with Crippen molar-refractivity contribution in [1.82, 2.24) is 5.32 Å². The number of rotatable bonds is 7. The molecule has 6 heteroatoms. The molecule has 1 aliphatic carbocycles. The van der Waals surface area contributed by atoms with Crippen LogP contribution in [0.3, 0.4) is 0 Å². The van der Waals surface area contributed by atoms with Gasteiger partial charge in [0.05, 0.1) is 24.0 Å². The topological polar surface area (TPSA) is 70.7 Å². The summed E-state index contributed by atoms with van der Waals surface area (Å²) in [4.78, 5) is 27.9. The van der Waals surface area contributed by atoms with E-state index in [-0.39, 0.29) is 29.7 Å². The van der Waals surface area contributed by atoms with Crippen molar-refractivity contribution < 1.29 is 14.3 Å². The van der Waals surface area contributed by atoms with Crippen molar-refractivity contribution in [2.45, 2.75) is 52.5 Å². The second-order valence-electron chi connectivity index (χ2n) is 8.72. The first kappa shape index (κ1) is 21.4. The van der Waals surface area contributed by atoms with Crippen LogP contribution in [0.1, 0.15) is 46.5 Å². The quantitative estimate of drug-likeness (QED) is 0.687. The van der Waals surface area contributed by atoms with Crippen LogP contribution in [-0.2, 0) is 14.3 Å². The highest BCUT2D eigenvalue weighted by molar-refractivity contribution is 6.01. The van der Waals surface area contributed by atoms with Gasteiger partial charge in [0.1, 0.15) is 0 Å². The van der Waals surface area contributed by atoms with Crippen LogP contribution in [0.2, 0.25) is 0 Å². The zero-order valence-corrected chi connectivity index (χ0v) is 18.0. The summed E-state index contributed by atoms with van der Waals surface area (Å²) in [5.74, 6) is 0.149. The fourth-order valence-corrected chi connectivity index (χ4v) is 4.42. The van der Waals surface area contributed by atoms with E-state index in [2.05, 4.69) is 36.3 Å². The van der Waals surface area contributed by atoms with Crippen molar-refractivity contribution in [3.63, 3.8) is 0 Å². The number of ketones is 1. The third-order valence-electron chi connectivity index (χ3n) is 5.68. The van der Waals surface area contributed by atoms with E-state index in [1.165, 1.54) is 0 Å². The van der Waals surface area contributed by atoms with Gasteiger partial charge in [-0.2, -0.15) is 0 Å². The molecule has 0 bridgehead atoms. The van der Waals surface area contributed by atoms with Crippen LogP contribution in [0.4, 0.5) is 11.4 Å². The molecule has 1 aliphatic heterocycles. The molecular formula is C23H33N3O3. The Morgan fingerprint density at radius 2 is 2.07 bits per heavy atom. The third kappa shape index (κ3) is 4.81. The standard InChI is InChI=1S/C23H33N3O3/c1-5-18-22-17(13-23(2,3)14-20(22)27)25-16-9-6-7-10-19(16)26(18)15-21(28)24-11-8-12-29-4/h6-7,9-10,18,25H,5,8,11-15H2,1-4H3,(H,24,28). The Balaban J connectivity index is 1.93. The lowest BCUT2D eigenvalue weighted by atomic mass is 9.74. The predicted octanol–water partition coefficient (Wildman–Crippen LogP) is 3.49. The largest absolute Gasteiger partial charge is 0.385 e. The minimum atomic E-state index is -0.116. The van der Waals surface area contributed by atoms with Crippen molar-refractivity contribution in [2.24, 2.45) is 5.41 Å². The van der Waals surface area contributed by atoms with Gasteiger partial charge in [-0.05, 0) is 36.8 Å². The zero-order chi connectivity index (χ0) is 21.0. The third-order valence-corrected chi connectivity index (χ3v) is 5.68. The number of hydrogen-bond donors (Lipinski definition) is 2. The molecule has 0 spiro atoms. The number of para-hydroxylation sites is 2. The van der Waals surface area contributed by atoms with Gasteiger partial charge in [0.25, 0.3) is 0 Å². The summed E-state index contributed by atoms with van der Waals surface area (Å²) in [6, 6.07) is 7.89. The average Bonchev–Trinajstić information content (AvgIpc) is 2.78. The number of fused-ring (bicyclic) bond motifs is 1. The van der Waals surface area contributed by atoms with Crippen LogP contribution in [0.25, 0.3) is 0 Å². The summed E-state index contributed by atoms with van der Waals surface area (Å²) in [6.07, 6.45) is 2.91. The number of nitrogens with zero attached hydrogens (tertiary/aromatic N) is 1. The molecule has 1 unspecified atom stereocenters. The van der Waals surface area contributed by atoms with Gasteiger partial charge in [-0.3, -0.25) is 9.59 Å². The molecule has 2 N–H and O–H groups in total. The van der Waals surface area contributed by atoms with Gasteiger partial charge in [0.2, 0.25) is 5.91 Å². The number of Topliss-reactive ketones (excluding diaryl/α,β-unsaturated/α-hetero) is 1. The Labute approximate surface area is 173 Å². The summed E-state index contributed by atoms with van der Waals surface area (Å²) < 4.78 is 5.05. The first-order valence-corrected chi connectivity index (χ1v) is 10.5. The minimum Gasteiger partial charge on any atom is -0.385 e. The number of anilines is 2. The number of hydrogen-bond acceptors (Lipinski definition) is 5. The molecular weight excluding hydrogens is 366 g/mol. The second-order valence-corrected chi connectivity index (χ2v) is 8.72. The van der Waals surface area contributed by atoms with Crippen molar-refractivity contribution >= 4 is 23.1 Å². The summed E-state index contributed by atoms with van der Waals surface area (Å²) >= 11 is 0. The molecule has 1 aromatic rings. The SMILES string of the molecule is CCC1C2=C(CC(C)(C)CC2=O)Nc2ccccc2N1CC(=O)NCCCOC. The lowest BCUT2D eigenvalue weighted by Gasteiger charge is -2.37. The van der Waals surface area contributed by atoms with Crippen LogP contribution in [0.15, 0.2) is 35.5 Å². The first-order chi connectivity index (χ1) is 13.9. The lowest BCUT2D eigenvalue weighted by molar-refractivity contribution is -0.120. The van der Waals surface area contributed by atoms with Crippen molar-refractivity contribution in [3.8, 4) is 0 Å². The minimum absolute atomic E-state index is 0.0398. The maximum absolute atomic E-state index is 13.2. The highest BCUT2D eigenvalue weighted by atomic mass is 16.5. The molecule has 0 saturated carbocycles. The summed E-state index contributed by atoms with van der Waals surface area (Å²) in [6.45, 7) is 7.78. The molecule has 6 nitrogen and oxygen atoms in total. The number of carbonyl (C=O) groups excluding carboxylic acids is 2. The Morgan fingerprint density at radius 1 is 1.31 bits per heavy atom. The van der Waals surface area contributed by atoms with Crippen LogP contribution in [-0.4, -0.2) is 44.5 Å². The number of methoxy groups -OCH3 is 1. The number of allylic oxidation sites excluding steroid dienone is 1. The van der Waals surface area contributed by atoms with E-state index in [4.69, 9.17) is 4.74 Å². The number of benzene rings is 1. The van der Waals surface area contributed by atoms with Gasteiger partial charge in [0.15, 0.2) is 5.78 Å². The monoisotopic (exact) mass is 399 g/mol. The molecule has 0 aromatic heterocycles. The average molecular weight is 400 g/mol. The molecule has 1 atom stereocenters. The molecule has 158 valence electrons. The Kier molecular flexibility index (Phi) is 6.63. The van der Waals surface area contributed by atoms with Gasteiger partial charge in [-0.25, -0.2) is 0 Å². The summed E-state index contributed by atoms with van der Waals surface area (Å²) in [5.41, 5.74) is 3.70. The van der Waals surface area contributed by atoms with Gasteiger partial charge in [-0.1, -0.05) is 32.9 Å². The number of amides is 1. The molecule has 0 fully saturated rings. The smallest absolute Gasteiger partial charge is 0.239 e. The van der Waals surface area contributed by atoms with E-state index in [9.17, 15) is 9.59 Å². The Bertz CT molecular complexity index is 800. The van der Waals surface area contributed by atoms with Gasteiger partial charge in [-0.15, -0.1) is 0 Å². The van der Waals surface area contributed by atoms with E-state index in [1.54, 1.807) is 7.11 Å². The molecule has 3 rings (SSSR count). The van der Waals surface area contributed by atoms with Crippen LogP contribution in [0.5, 0.6) is 0 Å². The van der Waals surface area contributed by atoms with E-state index in [0.29, 0.717) is 19.6 Å². The Hall–Kier alpha value is -2.34. The number of carbonyl (C=O) groups is 2. The summed E-state index contributed by atoms with van der Waals surface area (Å²) in [7, 11) is 1.66. The van der Waals surface area contributed by atoms with E-state index in [1.807, 2.05) is 24.3 Å². The maximum Gasteiger partial charge on any atom is 0.239 e. The van der Waals surface area contributed by atoms with E-state index < -0.39 is 0 Å². The normalized spacial score (nSPS) is 20.5. The van der Waals surface area contributed by atoms with Gasteiger partial charge >= 0.3 is 0 Å². The fourth-order valence-electron chi connectivity index (χ4n) is 4.42. The van der Waals surface area contributed by atoms with E-state index >= 15 is 0 Å². The zero-order valence-electron chi connectivity index (χ0n) is 18.0. The highest BCUT2D eigenvalue weighted by Gasteiger charge is 2.40. The molecule has 0 radical (unpaired) electrons. The molecule has 1 amide bonds. The summed E-state index contributed by atoms with van der Waals surface area (Å²) in [5, 5.41) is 6.52. The second kappa shape index (κ2) is 8.99. The number of ether oxygens (including phenoxy) is 1. The van der Waals surface area contributed by atoms with Crippen LogP contribution in [0, 0.1) is 5.41 Å².